The first-order valence-electron chi connectivity index (χ1n) is 4.97. The molecule has 0 radical (unpaired) electrons. The molecule has 0 saturated heterocycles. The molecule has 0 aliphatic carbocycles. The zero-order valence-electron chi connectivity index (χ0n) is 8.87. The summed E-state index contributed by atoms with van der Waals surface area (Å²) in [5, 5.41) is 10.1. The highest BCUT2D eigenvalue weighted by Crippen LogP contribution is 2.27. The van der Waals surface area contributed by atoms with Crippen LogP contribution in [-0.2, 0) is 6.42 Å². The average molecular weight is 222 g/mol. The number of rotatable bonds is 3. The zero-order valence-corrected chi connectivity index (χ0v) is 9.69. The molecule has 0 fully saturated rings. The van der Waals surface area contributed by atoms with Crippen molar-refractivity contribution >= 4 is 17.2 Å². The van der Waals surface area contributed by atoms with Gasteiger partial charge in [0.2, 0.25) is 0 Å². The summed E-state index contributed by atoms with van der Waals surface area (Å²) in [6, 6.07) is 0. The zero-order chi connectivity index (χ0) is 10.8. The number of nitrogens with zero attached hydrogens (tertiary/aromatic N) is 2. The van der Waals surface area contributed by atoms with Crippen molar-refractivity contribution in [3.05, 3.63) is 16.0 Å². The molecule has 0 unspecified atom stereocenters. The van der Waals surface area contributed by atoms with Crippen LogP contribution in [0.15, 0.2) is 5.38 Å². The minimum absolute atomic E-state index is 0.595. The van der Waals surface area contributed by atoms with E-state index in [1.165, 1.54) is 0 Å². The highest BCUT2D eigenvalue weighted by Gasteiger charge is 2.13. The third-order valence-corrected chi connectivity index (χ3v) is 3.05. The molecule has 0 amide bonds. The maximum atomic E-state index is 5.80. The van der Waals surface area contributed by atoms with E-state index in [9.17, 15) is 0 Å². The summed E-state index contributed by atoms with van der Waals surface area (Å²) in [6.07, 6.45) is 1.99. The lowest BCUT2D eigenvalue weighted by molar-refractivity contribution is 0.926. The van der Waals surface area contributed by atoms with Crippen LogP contribution in [0.4, 0.5) is 5.82 Å². The molecule has 0 bridgehead atoms. The molecule has 4 nitrogen and oxygen atoms in total. The number of aryl methyl sites for hydroxylation is 1. The minimum atomic E-state index is 0.595. The van der Waals surface area contributed by atoms with Crippen LogP contribution in [-0.4, -0.2) is 15.2 Å². The molecule has 2 aromatic heterocycles. The first kappa shape index (κ1) is 10.2. The molecule has 80 valence electrons. The van der Waals surface area contributed by atoms with E-state index in [-0.39, 0.29) is 0 Å². The normalized spacial score (nSPS) is 10.8. The highest BCUT2D eigenvalue weighted by molar-refractivity contribution is 7.09. The first-order chi connectivity index (χ1) is 7.22. The van der Waals surface area contributed by atoms with E-state index in [4.69, 9.17) is 5.73 Å². The maximum Gasteiger partial charge on any atom is 0.149 e. The molecule has 2 heterocycles. The topological polar surface area (TPSA) is 67.6 Å². The van der Waals surface area contributed by atoms with Crippen molar-refractivity contribution in [1.82, 2.24) is 15.2 Å². The predicted molar refractivity (Wildman–Crippen MR) is 62.8 cm³/mol. The molecule has 0 aliphatic heterocycles. The van der Waals surface area contributed by atoms with Crippen LogP contribution in [0.2, 0.25) is 0 Å². The van der Waals surface area contributed by atoms with E-state index in [0.717, 1.165) is 34.8 Å². The van der Waals surface area contributed by atoms with Crippen molar-refractivity contribution in [1.29, 1.82) is 0 Å². The molecular formula is C10H14N4S. The fourth-order valence-corrected chi connectivity index (χ4v) is 2.18. The van der Waals surface area contributed by atoms with E-state index < -0.39 is 0 Å². The van der Waals surface area contributed by atoms with Crippen molar-refractivity contribution in [2.45, 2.75) is 26.7 Å². The van der Waals surface area contributed by atoms with Crippen LogP contribution in [0.1, 0.15) is 23.9 Å². The maximum absolute atomic E-state index is 5.80. The second-order valence-corrected chi connectivity index (χ2v) is 4.53. The van der Waals surface area contributed by atoms with Crippen molar-refractivity contribution in [2.75, 3.05) is 5.73 Å². The largest absolute Gasteiger partial charge is 0.382 e. The third-order valence-electron chi connectivity index (χ3n) is 2.27. The Balaban J connectivity index is 2.43. The van der Waals surface area contributed by atoms with Gasteiger partial charge in [-0.2, -0.15) is 5.10 Å². The van der Waals surface area contributed by atoms with E-state index in [2.05, 4.69) is 22.1 Å². The van der Waals surface area contributed by atoms with E-state index in [1.807, 2.05) is 12.3 Å². The highest BCUT2D eigenvalue weighted by atomic mass is 32.1. The van der Waals surface area contributed by atoms with Gasteiger partial charge in [-0.15, -0.1) is 11.3 Å². The van der Waals surface area contributed by atoms with E-state index >= 15 is 0 Å². The predicted octanol–water partition coefficient (Wildman–Crippen LogP) is 2.38. The average Bonchev–Trinajstić information content (AvgIpc) is 2.76. The summed E-state index contributed by atoms with van der Waals surface area (Å²) < 4.78 is 0. The Labute approximate surface area is 92.5 Å². The van der Waals surface area contributed by atoms with Gasteiger partial charge in [0.15, 0.2) is 0 Å². The van der Waals surface area contributed by atoms with Gasteiger partial charge in [-0.25, -0.2) is 4.98 Å². The van der Waals surface area contributed by atoms with Gasteiger partial charge < -0.3 is 5.73 Å². The standard InChI is InChI=1S/C10H14N4S/c1-3-4-7-9(13-14-10(7)11)8-5-15-6(2)12-8/h5H,3-4H2,1-2H3,(H3,11,13,14). The van der Waals surface area contributed by atoms with Crippen molar-refractivity contribution in [3.8, 4) is 11.4 Å². The SMILES string of the molecule is CCCc1c(N)n[nH]c1-c1csc(C)n1. The first-order valence-corrected chi connectivity index (χ1v) is 5.85. The molecule has 5 heteroatoms. The molecule has 0 aromatic carbocycles. The number of H-pyrrole nitrogens is 1. The second kappa shape index (κ2) is 4.02. The van der Waals surface area contributed by atoms with E-state index in [1.54, 1.807) is 11.3 Å². The summed E-state index contributed by atoms with van der Waals surface area (Å²) in [5.41, 5.74) is 8.81. The summed E-state index contributed by atoms with van der Waals surface area (Å²) in [4.78, 5) is 4.43. The Morgan fingerprint density at radius 2 is 2.33 bits per heavy atom. The van der Waals surface area contributed by atoms with Gasteiger partial charge in [-0.05, 0) is 13.3 Å². The number of hydrogen-bond acceptors (Lipinski definition) is 4. The fourth-order valence-electron chi connectivity index (χ4n) is 1.57. The van der Waals surface area contributed by atoms with E-state index in [0.29, 0.717) is 5.82 Å². The number of anilines is 1. The summed E-state index contributed by atoms with van der Waals surface area (Å²) in [7, 11) is 0. The number of aromatic nitrogens is 3. The fraction of sp³-hybridized carbons (Fsp3) is 0.400. The number of nitrogens with one attached hydrogen (secondary N) is 1. The van der Waals surface area contributed by atoms with Crippen molar-refractivity contribution in [3.63, 3.8) is 0 Å². The molecule has 15 heavy (non-hydrogen) atoms. The number of nitrogens with two attached hydrogens (primary N) is 1. The molecule has 2 aromatic rings. The van der Waals surface area contributed by atoms with Crippen molar-refractivity contribution in [2.24, 2.45) is 0 Å². The van der Waals surface area contributed by atoms with Crippen LogP contribution in [0.3, 0.4) is 0 Å². The molecule has 0 saturated carbocycles. The lowest BCUT2D eigenvalue weighted by Crippen LogP contribution is -1.92. The Morgan fingerprint density at radius 1 is 1.53 bits per heavy atom. The Kier molecular flexibility index (Phi) is 2.73. The van der Waals surface area contributed by atoms with Gasteiger partial charge >= 0.3 is 0 Å². The van der Waals surface area contributed by atoms with Gasteiger partial charge in [0.25, 0.3) is 0 Å². The van der Waals surface area contributed by atoms with Crippen molar-refractivity contribution < 1.29 is 0 Å². The summed E-state index contributed by atoms with van der Waals surface area (Å²) in [5.74, 6) is 0.595. The molecule has 0 aliphatic rings. The second-order valence-electron chi connectivity index (χ2n) is 3.46. The van der Waals surface area contributed by atoms with Crippen LogP contribution >= 0.6 is 11.3 Å². The van der Waals surface area contributed by atoms with Crippen LogP contribution in [0.5, 0.6) is 0 Å². The number of aromatic amines is 1. The molecule has 2 rings (SSSR count). The number of nitrogen functional groups attached to an aromatic ring is 1. The lowest BCUT2D eigenvalue weighted by atomic mass is 10.1. The summed E-state index contributed by atoms with van der Waals surface area (Å²) >= 11 is 1.64. The Hall–Kier alpha value is -1.36. The number of thiazole rings is 1. The third kappa shape index (κ3) is 1.87. The van der Waals surface area contributed by atoms with Crippen LogP contribution < -0.4 is 5.73 Å². The van der Waals surface area contributed by atoms with Gasteiger partial charge in [0.1, 0.15) is 5.82 Å². The van der Waals surface area contributed by atoms with Gasteiger partial charge in [-0.3, -0.25) is 5.10 Å². The van der Waals surface area contributed by atoms with Gasteiger partial charge in [0.05, 0.1) is 16.4 Å². The molecule has 0 atom stereocenters. The molecule has 0 spiro atoms. The monoisotopic (exact) mass is 222 g/mol. The minimum Gasteiger partial charge on any atom is -0.382 e. The quantitative estimate of drug-likeness (QED) is 0.837. The molecular weight excluding hydrogens is 208 g/mol. The molecule has 3 N–H and O–H groups in total. The van der Waals surface area contributed by atoms with Gasteiger partial charge in [0, 0.05) is 10.9 Å². The van der Waals surface area contributed by atoms with Crippen LogP contribution in [0.25, 0.3) is 11.4 Å². The Morgan fingerprint density at radius 3 is 2.93 bits per heavy atom. The Bertz CT molecular complexity index is 458. The lowest BCUT2D eigenvalue weighted by Gasteiger charge is -1.98. The van der Waals surface area contributed by atoms with Gasteiger partial charge in [-0.1, -0.05) is 13.3 Å². The smallest absolute Gasteiger partial charge is 0.149 e. The summed E-state index contributed by atoms with van der Waals surface area (Å²) in [6.45, 7) is 4.12. The number of hydrogen-bond donors (Lipinski definition) is 2. The van der Waals surface area contributed by atoms with Crippen LogP contribution in [0, 0.1) is 6.92 Å².